The standard InChI is InChI=1S/C26H35Cl2N3O4S/c1-6-15-29-26(33)23(7-2)30(16-20-21(27)12-10-13-22(20)28)25(32)17-31(36(5,34)35)24-14-9-8-11-19(24)18(3)4/h8-14,18,23H,6-7,15-17H2,1-5H3,(H,29,33)/t23-/m1/s1. The smallest absolute Gasteiger partial charge is 0.244 e. The van der Waals surface area contributed by atoms with Crippen LogP contribution in [0.4, 0.5) is 5.69 Å². The van der Waals surface area contributed by atoms with E-state index >= 15 is 0 Å². The van der Waals surface area contributed by atoms with Crippen molar-refractivity contribution in [1.29, 1.82) is 0 Å². The van der Waals surface area contributed by atoms with Gasteiger partial charge in [0.05, 0.1) is 11.9 Å². The van der Waals surface area contributed by atoms with Crippen molar-refractivity contribution < 1.29 is 18.0 Å². The monoisotopic (exact) mass is 555 g/mol. The molecule has 2 rings (SSSR count). The molecule has 0 bridgehead atoms. The van der Waals surface area contributed by atoms with Crippen LogP contribution in [-0.4, -0.2) is 50.5 Å². The summed E-state index contributed by atoms with van der Waals surface area (Å²) in [5.74, 6) is -0.820. The Labute approximate surface area is 224 Å². The van der Waals surface area contributed by atoms with E-state index in [2.05, 4.69) is 5.32 Å². The zero-order valence-electron chi connectivity index (χ0n) is 21.4. The molecule has 198 valence electrons. The van der Waals surface area contributed by atoms with E-state index in [4.69, 9.17) is 23.2 Å². The summed E-state index contributed by atoms with van der Waals surface area (Å²) in [7, 11) is -3.83. The molecule has 7 nitrogen and oxygen atoms in total. The van der Waals surface area contributed by atoms with Gasteiger partial charge in [-0.15, -0.1) is 0 Å². The van der Waals surface area contributed by atoms with Crippen molar-refractivity contribution in [3.05, 3.63) is 63.6 Å². The van der Waals surface area contributed by atoms with Crippen LogP contribution in [-0.2, 0) is 26.2 Å². The first-order valence-corrected chi connectivity index (χ1v) is 14.6. The summed E-state index contributed by atoms with van der Waals surface area (Å²) in [6, 6.07) is 11.3. The molecule has 0 aliphatic carbocycles. The maximum atomic E-state index is 13.8. The molecule has 0 fully saturated rings. The average Bonchev–Trinajstić information content (AvgIpc) is 2.81. The number of para-hydroxylation sites is 1. The van der Waals surface area contributed by atoms with Crippen LogP contribution in [0.1, 0.15) is 57.6 Å². The molecule has 0 unspecified atom stereocenters. The first kappa shape index (κ1) is 29.9. The second-order valence-corrected chi connectivity index (χ2v) is 11.6. The fourth-order valence-corrected chi connectivity index (χ4v) is 5.32. The van der Waals surface area contributed by atoms with Crippen LogP contribution in [0, 0.1) is 0 Å². The summed E-state index contributed by atoms with van der Waals surface area (Å²) < 4.78 is 26.9. The maximum absolute atomic E-state index is 13.8. The second kappa shape index (κ2) is 13.3. The molecule has 0 saturated heterocycles. The van der Waals surface area contributed by atoms with Crippen molar-refractivity contribution in [1.82, 2.24) is 10.2 Å². The van der Waals surface area contributed by atoms with Crippen LogP contribution in [0.15, 0.2) is 42.5 Å². The Morgan fingerprint density at radius 3 is 2.14 bits per heavy atom. The van der Waals surface area contributed by atoms with E-state index in [1.165, 1.54) is 4.90 Å². The lowest BCUT2D eigenvalue weighted by atomic mass is 10.0. The molecule has 36 heavy (non-hydrogen) atoms. The predicted octanol–water partition coefficient (Wildman–Crippen LogP) is 5.22. The second-order valence-electron chi connectivity index (χ2n) is 8.92. The molecule has 0 radical (unpaired) electrons. The summed E-state index contributed by atoms with van der Waals surface area (Å²) in [4.78, 5) is 28.2. The van der Waals surface area contributed by atoms with Gasteiger partial charge >= 0.3 is 0 Å². The van der Waals surface area contributed by atoms with Crippen LogP contribution < -0.4 is 9.62 Å². The van der Waals surface area contributed by atoms with Gasteiger partial charge in [-0.1, -0.05) is 75.2 Å². The first-order valence-electron chi connectivity index (χ1n) is 12.0. The predicted molar refractivity (Wildman–Crippen MR) is 147 cm³/mol. The molecular formula is C26H35Cl2N3O4S. The molecule has 0 aromatic heterocycles. The largest absolute Gasteiger partial charge is 0.354 e. The quantitative estimate of drug-likeness (QED) is 0.389. The fraction of sp³-hybridized carbons (Fsp3) is 0.462. The number of nitrogens with zero attached hydrogens (tertiary/aromatic N) is 2. The Kier molecular flexibility index (Phi) is 11.1. The molecule has 0 saturated carbocycles. The topological polar surface area (TPSA) is 86.8 Å². The molecule has 1 N–H and O–H groups in total. The highest BCUT2D eigenvalue weighted by Gasteiger charge is 2.33. The molecule has 0 aliphatic rings. The molecule has 0 heterocycles. The minimum Gasteiger partial charge on any atom is -0.354 e. The molecule has 1 atom stereocenters. The lowest BCUT2D eigenvalue weighted by Crippen LogP contribution is -2.52. The van der Waals surface area contributed by atoms with Gasteiger partial charge in [0.2, 0.25) is 21.8 Å². The van der Waals surface area contributed by atoms with Crippen LogP contribution in [0.2, 0.25) is 10.0 Å². The van der Waals surface area contributed by atoms with Crippen molar-refractivity contribution in [3.8, 4) is 0 Å². The molecule has 0 aliphatic heterocycles. The average molecular weight is 557 g/mol. The number of carbonyl (C=O) groups excluding carboxylic acids is 2. The Balaban J connectivity index is 2.55. The highest BCUT2D eigenvalue weighted by Crippen LogP contribution is 2.30. The van der Waals surface area contributed by atoms with Crippen LogP contribution in [0.25, 0.3) is 0 Å². The molecule has 10 heteroatoms. The summed E-state index contributed by atoms with van der Waals surface area (Å²) in [5, 5.41) is 3.55. The minimum absolute atomic E-state index is 0.0294. The molecule has 2 aromatic rings. The van der Waals surface area contributed by atoms with Gasteiger partial charge in [-0.25, -0.2) is 8.42 Å². The zero-order chi connectivity index (χ0) is 27.0. The van der Waals surface area contributed by atoms with Crippen molar-refractivity contribution in [2.75, 3.05) is 23.7 Å². The highest BCUT2D eigenvalue weighted by molar-refractivity contribution is 7.92. The highest BCUT2D eigenvalue weighted by atomic mass is 35.5. The third-order valence-electron chi connectivity index (χ3n) is 5.83. The van der Waals surface area contributed by atoms with Crippen molar-refractivity contribution in [2.24, 2.45) is 0 Å². The normalized spacial score (nSPS) is 12.3. The first-order chi connectivity index (χ1) is 16.9. The van der Waals surface area contributed by atoms with E-state index in [0.717, 1.165) is 22.5 Å². The maximum Gasteiger partial charge on any atom is 0.244 e. The van der Waals surface area contributed by atoms with Gasteiger partial charge in [-0.3, -0.25) is 13.9 Å². The van der Waals surface area contributed by atoms with E-state index in [9.17, 15) is 18.0 Å². The van der Waals surface area contributed by atoms with Gasteiger partial charge in [-0.05, 0) is 42.5 Å². The number of sulfonamides is 1. The number of anilines is 1. The van der Waals surface area contributed by atoms with Crippen LogP contribution in [0.3, 0.4) is 0 Å². The number of rotatable bonds is 12. The molecule has 0 spiro atoms. The molecular weight excluding hydrogens is 521 g/mol. The zero-order valence-corrected chi connectivity index (χ0v) is 23.8. The summed E-state index contributed by atoms with van der Waals surface area (Å²) >= 11 is 12.8. The Morgan fingerprint density at radius 2 is 1.61 bits per heavy atom. The van der Waals surface area contributed by atoms with Gasteiger partial charge in [0.1, 0.15) is 12.6 Å². The number of hydrogen-bond acceptors (Lipinski definition) is 4. The van der Waals surface area contributed by atoms with Gasteiger partial charge in [0.15, 0.2) is 0 Å². The lowest BCUT2D eigenvalue weighted by Gasteiger charge is -2.33. The van der Waals surface area contributed by atoms with Gasteiger partial charge in [0.25, 0.3) is 0 Å². The number of benzene rings is 2. The summed E-state index contributed by atoms with van der Waals surface area (Å²) in [6.07, 6.45) is 2.13. The van der Waals surface area contributed by atoms with E-state index in [1.807, 2.05) is 32.9 Å². The van der Waals surface area contributed by atoms with Gasteiger partial charge < -0.3 is 10.2 Å². The lowest BCUT2D eigenvalue weighted by molar-refractivity contribution is -0.140. The van der Waals surface area contributed by atoms with Crippen molar-refractivity contribution in [3.63, 3.8) is 0 Å². The summed E-state index contributed by atoms with van der Waals surface area (Å²) in [6.45, 7) is 7.59. The fourth-order valence-electron chi connectivity index (χ4n) is 3.94. The molecule has 2 aromatic carbocycles. The number of halogens is 2. The molecule has 2 amide bonds. The Hall–Kier alpha value is -2.29. The summed E-state index contributed by atoms with van der Waals surface area (Å²) in [5.41, 5.74) is 1.72. The van der Waals surface area contributed by atoms with Crippen molar-refractivity contribution in [2.45, 2.75) is 59.0 Å². The third-order valence-corrected chi connectivity index (χ3v) is 7.67. The van der Waals surface area contributed by atoms with Crippen LogP contribution >= 0.6 is 23.2 Å². The number of nitrogens with one attached hydrogen (secondary N) is 1. The Morgan fingerprint density at radius 1 is 1.00 bits per heavy atom. The van der Waals surface area contributed by atoms with Crippen molar-refractivity contribution >= 4 is 50.7 Å². The van der Waals surface area contributed by atoms with E-state index in [-0.39, 0.29) is 18.4 Å². The van der Waals surface area contributed by atoms with Gasteiger partial charge in [0, 0.05) is 28.7 Å². The number of amides is 2. The number of hydrogen-bond donors (Lipinski definition) is 1. The minimum atomic E-state index is -3.83. The van der Waals surface area contributed by atoms with Gasteiger partial charge in [-0.2, -0.15) is 0 Å². The van der Waals surface area contributed by atoms with Crippen LogP contribution in [0.5, 0.6) is 0 Å². The SMILES string of the molecule is CCCNC(=O)[C@@H](CC)N(Cc1c(Cl)cccc1Cl)C(=O)CN(c1ccccc1C(C)C)S(C)(=O)=O. The third kappa shape index (κ3) is 7.60. The Bertz CT molecular complexity index is 1150. The van der Waals surface area contributed by atoms with E-state index in [1.54, 1.807) is 37.3 Å². The number of carbonyl (C=O) groups is 2. The van der Waals surface area contributed by atoms with E-state index in [0.29, 0.717) is 34.3 Å². The van der Waals surface area contributed by atoms with E-state index < -0.39 is 28.5 Å².